The summed E-state index contributed by atoms with van der Waals surface area (Å²) in [5.41, 5.74) is -0.0208. The van der Waals surface area contributed by atoms with E-state index >= 15 is 0 Å². The predicted octanol–water partition coefficient (Wildman–Crippen LogP) is 3.38. The lowest BCUT2D eigenvalue weighted by Crippen LogP contribution is -1.80. The van der Waals surface area contributed by atoms with Crippen LogP contribution in [0.1, 0.15) is 19.4 Å². The van der Waals surface area contributed by atoms with E-state index in [4.69, 9.17) is 16.9 Å². The molecule has 0 aromatic heterocycles. The first-order valence-electron chi connectivity index (χ1n) is 3.59. The maximum absolute atomic E-state index is 12.5. The minimum atomic E-state index is -0.535. The Morgan fingerprint density at radius 3 is 2.42 bits per heavy atom. The number of nitrogens with zero attached hydrogens (tertiary/aromatic N) is 1. The van der Waals surface area contributed by atoms with Gasteiger partial charge in [-0.15, -0.1) is 0 Å². The highest BCUT2D eigenvalue weighted by molar-refractivity contribution is 6.30. The van der Waals surface area contributed by atoms with Crippen molar-refractivity contribution in [2.45, 2.75) is 13.8 Å². The summed E-state index contributed by atoms with van der Waals surface area (Å²) in [5.74, 6) is -0.535. The Morgan fingerprint density at radius 2 is 2.00 bits per heavy atom. The second kappa shape index (κ2) is 5.56. The largest absolute Gasteiger partial charge is 0.206 e. The zero-order valence-electron chi connectivity index (χ0n) is 6.94. The van der Waals surface area contributed by atoms with Crippen molar-refractivity contribution in [2.75, 3.05) is 0 Å². The van der Waals surface area contributed by atoms with Gasteiger partial charge in [-0.1, -0.05) is 25.4 Å². The Bertz CT molecular complexity index is 291. The van der Waals surface area contributed by atoms with Crippen LogP contribution >= 0.6 is 11.6 Å². The third kappa shape index (κ3) is 2.89. The lowest BCUT2D eigenvalue weighted by molar-refractivity contribution is 0.624. The van der Waals surface area contributed by atoms with Crippen LogP contribution in [0.15, 0.2) is 18.2 Å². The molecule has 0 bridgehead atoms. The number of rotatable bonds is 0. The lowest BCUT2D eigenvalue weighted by atomic mass is 10.2. The summed E-state index contributed by atoms with van der Waals surface area (Å²) >= 11 is 5.48. The highest BCUT2D eigenvalue weighted by atomic mass is 35.5. The Labute approximate surface area is 76.4 Å². The number of hydrogen-bond donors (Lipinski definition) is 0. The molecule has 0 aliphatic rings. The van der Waals surface area contributed by atoms with Gasteiger partial charge in [0.05, 0.1) is 5.56 Å². The van der Waals surface area contributed by atoms with Gasteiger partial charge in [0.2, 0.25) is 0 Å². The molecule has 0 radical (unpaired) electrons. The SMILES string of the molecule is CC.N#Cc1cc(Cl)ccc1F. The number of nitriles is 1. The molecular weight excluding hydrogens is 177 g/mol. The Morgan fingerprint density at radius 1 is 1.42 bits per heavy atom. The first kappa shape index (κ1) is 10.9. The highest BCUT2D eigenvalue weighted by Gasteiger charge is 1.99. The number of halogens is 2. The van der Waals surface area contributed by atoms with Gasteiger partial charge in [-0.25, -0.2) is 4.39 Å². The number of benzene rings is 1. The van der Waals surface area contributed by atoms with Gasteiger partial charge in [0.15, 0.2) is 0 Å². The molecule has 1 aromatic carbocycles. The van der Waals surface area contributed by atoms with Gasteiger partial charge < -0.3 is 0 Å². The lowest BCUT2D eigenvalue weighted by Gasteiger charge is -1.91. The molecule has 0 saturated heterocycles. The summed E-state index contributed by atoms with van der Waals surface area (Å²) < 4.78 is 12.5. The molecule has 1 nitrogen and oxygen atoms in total. The normalized spacial score (nSPS) is 7.92. The standard InChI is InChI=1S/C7H3ClFN.C2H6/c8-6-1-2-7(9)5(3-6)4-10;1-2/h1-3H;1-2H3. The van der Waals surface area contributed by atoms with E-state index in [1.807, 2.05) is 13.8 Å². The molecule has 3 heteroatoms. The quantitative estimate of drug-likeness (QED) is 0.608. The van der Waals surface area contributed by atoms with Crippen molar-refractivity contribution in [1.82, 2.24) is 0 Å². The molecule has 0 amide bonds. The third-order valence-electron chi connectivity index (χ3n) is 1.05. The summed E-state index contributed by atoms with van der Waals surface area (Å²) in [6.07, 6.45) is 0. The summed E-state index contributed by atoms with van der Waals surface area (Å²) in [7, 11) is 0. The first-order chi connectivity index (χ1) is 5.74. The van der Waals surface area contributed by atoms with Crippen LogP contribution in [-0.4, -0.2) is 0 Å². The smallest absolute Gasteiger partial charge is 0.141 e. The van der Waals surface area contributed by atoms with Gasteiger partial charge in [0, 0.05) is 5.02 Å². The summed E-state index contributed by atoms with van der Waals surface area (Å²) in [4.78, 5) is 0. The fourth-order valence-electron chi connectivity index (χ4n) is 0.583. The van der Waals surface area contributed by atoms with Gasteiger partial charge in [-0.05, 0) is 18.2 Å². The van der Waals surface area contributed by atoms with Crippen molar-refractivity contribution in [3.63, 3.8) is 0 Å². The fourth-order valence-corrected chi connectivity index (χ4v) is 0.755. The van der Waals surface area contributed by atoms with E-state index in [0.29, 0.717) is 5.02 Å². The molecule has 0 aliphatic heterocycles. The van der Waals surface area contributed by atoms with Gasteiger partial charge in [0.25, 0.3) is 0 Å². The summed E-state index contributed by atoms with van der Waals surface area (Å²) in [6.45, 7) is 4.00. The van der Waals surface area contributed by atoms with Crippen molar-refractivity contribution < 1.29 is 4.39 Å². The van der Waals surface area contributed by atoms with Gasteiger partial charge in [-0.2, -0.15) is 5.26 Å². The summed E-state index contributed by atoms with van der Waals surface area (Å²) in [5, 5.41) is 8.67. The van der Waals surface area contributed by atoms with Crippen LogP contribution in [0.4, 0.5) is 4.39 Å². The van der Waals surface area contributed by atoms with Gasteiger partial charge in [-0.3, -0.25) is 0 Å². The second-order valence-electron chi connectivity index (χ2n) is 1.74. The van der Waals surface area contributed by atoms with E-state index in [0.717, 1.165) is 0 Å². The van der Waals surface area contributed by atoms with E-state index in [2.05, 4.69) is 0 Å². The zero-order chi connectivity index (χ0) is 9.56. The topological polar surface area (TPSA) is 23.8 Å². The van der Waals surface area contributed by atoms with E-state index < -0.39 is 5.82 Å². The molecule has 0 unspecified atom stereocenters. The molecule has 0 fully saturated rings. The van der Waals surface area contributed by atoms with E-state index in [1.165, 1.54) is 18.2 Å². The van der Waals surface area contributed by atoms with E-state index in [-0.39, 0.29) is 5.56 Å². The van der Waals surface area contributed by atoms with Crippen LogP contribution in [0.25, 0.3) is 0 Å². The van der Waals surface area contributed by atoms with E-state index in [9.17, 15) is 4.39 Å². The molecule has 0 saturated carbocycles. The van der Waals surface area contributed by atoms with Crippen LogP contribution in [0.2, 0.25) is 5.02 Å². The average Bonchev–Trinajstić information content (AvgIpc) is 2.13. The minimum absolute atomic E-state index is 0.0208. The van der Waals surface area contributed by atoms with Gasteiger partial charge in [0.1, 0.15) is 11.9 Å². The zero-order valence-corrected chi connectivity index (χ0v) is 7.69. The average molecular weight is 186 g/mol. The molecule has 0 heterocycles. The molecule has 12 heavy (non-hydrogen) atoms. The van der Waals surface area contributed by atoms with Crippen LogP contribution < -0.4 is 0 Å². The number of hydrogen-bond acceptors (Lipinski definition) is 1. The minimum Gasteiger partial charge on any atom is -0.206 e. The summed E-state index contributed by atoms with van der Waals surface area (Å²) in [6, 6.07) is 5.53. The maximum atomic E-state index is 12.5. The van der Waals surface area contributed by atoms with E-state index in [1.54, 1.807) is 6.07 Å². The Hall–Kier alpha value is -1.07. The van der Waals surface area contributed by atoms with Crippen LogP contribution in [0, 0.1) is 17.1 Å². The van der Waals surface area contributed by atoms with Crippen LogP contribution in [0.5, 0.6) is 0 Å². The van der Waals surface area contributed by atoms with Crippen molar-refractivity contribution in [2.24, 2.45) is 0 Å². The predicted molar refractivity (Wildman–Crippen MR) is 47.5 cm³/mol. The molecule has 0 spiro atoms. The molecular formula is C9H9ClFN. The highest BCUT2D eigenvalue weighted by Crippen LogP contribution is 2.13. The van der Waals surface area contributed by atoms with Crippen molar-refractivity contribution >= 4 is 11.6 Å². The fraction of sp³-hybridized carbons (Fsp3) is 0.222. The monoisotopic (exact) mass is 185 g/mol. The molecule has 0 atom stereocenters. The first-order valence-corrected chi connectivity index (χ1v) is 3.97. The van der Waals surface area contributed by atoms with Crippen LogP contribution in [-0.2, 0) is 0 Å². The third-order valence-corrected chi connectivity index (χ3v) is 1.28. The molecule has 1 aromatic rings. The van der Waals surface area contributed by atoms with Gasteiger partial charge >= 0.3 is 0 Å². The molecule has 1 rings (SSSR count). The van der Waals surface area contributed by atoms with Crippen LogP contribution in [0.3, 0.4) is 0 Å². The Kier molecular flexibility index (Phi) is 5.07. The second-order valence-corrected chi connectivity index (χ2v) is 2.17. The maximum Gasteiger partial charge on any atom is 0.141 e. The molecule has 0 N–H and O–H groups in total. The van der Waals surface area contributed by atoms with Crippen molar-refractivity contribution in [1.29, 1.82) is 5.26 Å². The molecule has 0 aliphatic carbocycles. The molecule has 64 valence electrons. The van der Waals surface area contributed by atoms with Crippen molar-refractivity contribution in [3.05, 3.63) is 34.6 Å². The Balaban J connectivity index is 0.000000561. The van der Waals surface area contributed by atoms with Crippen molar-refractivity contribution in [3.8, 4) is 6.07 Å².